The molecule has 0 aliphatic carbocycles. The molecule has 0 unspecified atom stereocenters. The molecular weight excluding hydrogens is 396 g/mol. The van der Waals surface area contributed by atoms with E-state index in [9.17, 15) is 23.3 Å². The van der Waals surface area contributed by atoms with Crippen LogP contribution >= 0.6 is 0 Å². The number of nitro groups is 1. The lowest BCUT2D eigenvalue weighted by Crippen LogP contribution is -2.40. The molecule has 0 bridgehead atoms. The maximum atomic E-state index is 13.5. The van der Waals surface area contributed by atoms with Gasteiger partial charge in [0.05, 0.1) is 17.6 Å². The summed E-state index contributed by atoms with van der Waals surface area (Å²) in [7, 11) is -4.27. The van der Waals surface area contributed by atoms with Crippen molar-refractivity contribution >= 4 is 21.7 Å². The van der Waals surface area contributed by atoms with Crippen molar-refractivity contribution in [3.8, 4) is 0 Å². The average molecular weight is 416 g/mol. The molecule has 0 radical (unpaired) electrons. The van der Waals surface area contributed by atoms with Gasteiger partial charge in [-0.05, 0) is 25.0 Å². The zero-order chi connectivity index (χ0) is 21.0. The van der Waals surface area contributed by atoms with Crippen LogP contribution in [0.25, 0.3) is 0 Å². The Labute approximate surface area is 168 Å². The zero-order valence-electron chi connectivity index (χ0n) is 15.7. The molecule has 0 fully saturated rings. The Balaban J connectivity index is 2.10. The molecule has 0 amide bonds. The summed E-state index contributed by atoms with van der Waals surface area (Å²) in [6.45, 7) is 1.60. The Bertz CT molecular complexity index is 1050. The molecule has 152 valence electrons. The molecule has 0 N–H and O–H groups in total. The Morgan fingerprint density at radius 3 is 2.48 bits per heavy atom. The summed E-state index contributed by atoms with van der Waals surface area (Å²) in [4.78, 5) is 22.5. The van der Waals surface area contributed by atoms with Gasteiger partial charge < -0.3 is 4.74 Å². The number of ether oxygens (including phenoxy) is 1. The van der Waals surface area contributed by atoms with Crippen molar-refractivity contribution in [1.29, 1.82) is 0 Å². The molecule has 1 aliphatic rings. The fraction of sp³-hybridized carbons (Fsp3) is 0.250. The number of hydrogen-bond donors (Lipinski definition) is 0. The normalized spacial score (nSPS) is 17.4. The second-order valence-corrected chi connectivity index (χ2v) is 8.25. The first-order chi connectivity index (χ1) is 13.9. The van der Waals surface area contributed by atoms with Crippen molar-refractivity contribution < 1.29 is 22.9 Å². The molecule has 9 heteroatoms. The largest absolute Gasteiger partial charge is 0.463 e. The van der Waals surface area contributed by atoms with Crippen LogP contribution in [0.3, 0.4) is 0 Å². The van der Waals surface area contributed by atoms with Gasteiger partial charge in [-0.3, -0.25) is 10.1 Å². The van der Waals surface area contributed by atoms with Crippen LogP contribution in [0.15, 0.2) is 71.1 Å². The lowest BCUT2D eigenvalue weighted by Gasteiger charge is -2.34. The number of nitro benzene ring substituents is 1. The van der Waals surface area contributed by atoms with Crippen molar-refractivity contribution in [2.24, 2.45) is 0 Å². The van der Waals surface area contributed by atoms with E-state index in [1.54, 1.807) is 37.3 Å². The van der Waals surface area contributed by atoms with Gasteiger partial charge in [0.2, 0.25) is 0 Å². The fourth-order valence-corrected chi connectivity index (χ4v) is 5.03. The third-order valence-corrected chi connectivity index (χ3v) is 6.53. The molecule has 2 aromatic carbocycles. The fourth-order valence-electron chi connectivity index (χ4n) is 3.27. The molecule has 0 saturated carbocycles. The van der Waals surface area contributed by atoms with Gasteiger partial charge in [-0.2, -0.15) is 4.31 Å². The molecule has 3 rings (SSSR count). The van der Waals surface area contributed by atoms with Crippen LogP contribution < -0.4 is 0 Å². The number of para-hydroxylation sites is 1. The molecule has 2 aromatic rings. The first kappa shape index (κ1) is 20.7. The minimum absolute atomic E-state index is 0.162. The maximum Gasteiger partial charge on any atom is 0.335 e. The monoisotopic (exact) mass is 416 g/mol. The van der Waals surface area contributed by atoms with Gasteiger partial charge in [0.15, 0.2) is 4.90 Å². The van der Waals surface area contributed by atoms with Crippen LogP contribution in [0, 0.1) is 10.1 Å². The molecule has 1 aliphatic heterocycles. The number of benzene rings is 2. The summed E-state index contributed by atoms with van der Waals surface area (Å²) in [6, 6.07) is 13.6. The smallest absolute Gasteiger partial charge is 0.335 e. The SMILES string of the molecule is CCOC(=O)C1=CC[C@H](c2ccccc2)N(S(=O)(=O)c2ccccc2[N+](=O)[O-])C1. The van der Waals surface area contributed by atoms with Crippen LogP contribution in [0.2, 0.25) is 0 Å². The van der Waals surface area contributed by atoms with Crippen molar-refractivity contribution in [2.75, 3.05) is 13.2 Å². The number of hydrogen-bond acceptors (Lipinski definition) is 6. The molecule has 1 atom stereocenters. The molecule has 29 heavy (non-hydrogen) atoms. The van der Waals surface area contributed by atoms with Crippen molar-refractivity contribution in [1.82, 2.24) is 4.31 Å². The summed E-state index contributed by atoms with van der Waals surface area (Å²) in [6.07, 6.45) is 1.92. The van der Waals surface area contributed by atoms with Crippen LogP contribution in [0.1, 0.15) is 24.9 Å². The average Bonchev–Trinajstić information content (AvgIpc) is 2.74. The highest BCUT2D eigenvalue weighted by molar-refractivity contribution is 7.89. The van der Waals surface area contributed by atoms with E-state index in [-0.39, 0.29) is 25.1 Å². The highest BCUT2D eigenvalue weighted by Gasteiger charge is 2.39. The summed E-state index contributed by atoms with van der Waals surface area (Å²) in [5.74, 6) is -0.596. The second kappa shape index (κ2) is 8.54. The van der Waals surface area contributed by atoms with Crippen molar-refractivity contribution in [2.45, 2.75) is 24.3 Å². The number of nitrogens with zero attached hydrogens (tertiary/aromatic N) is 2. The summed E-state index contributed by atoms with van der Waals surface area (Å²) >= 11 is 0. The number of carbonyl (C=O) groups is 1. The van der Waals surface area contributed by atoms with Gasteiger partial charge in [-0.1, -0.05) is 48.5 Å². The van der Waals surface area contributed by atoms with Crippen LogP contribution in [-0.4, -0.2) is 36.8 Å². The van der Waals surface area contributed by atoms with E-state index in [1.807, 2.05) is 6.07 Å². The van der Waals surface area contributed by atoms with Gasteiger partial charge >= 0.3 is 5.97 Å². The lowest BCUT2D eigenvalue weighted by atomic mass is 9.98. The highest BCUT2D eigenvalue weighted by atomic mass is 32.2. The standard InChI is InChI=1S/C20H20N2O6S/c1-2-28-20(23)16-12-13-17(15-8-4-3-5-9-15)21(14-16)29(26,27)19-11-7-6-10-18(19)22(24)25/h3-12,17H,2,13-14H2,1H3/t17-/m1/s1. The van der Waals surface area contributed by atoms with Crippen LogP contribution in [0.5, 0.6) is 0 Å². The van der Waals surface area contributed by atoms with Gasteiger partial charge in [0.1, 0.15) is 0 Å². The van der Waals surface area contributed by atoms with Gasteiger partial charge in [-0.25, -0.2) is 13.2 Å². The lowest BCUT2D eigenvalue weighted by molar-refractivity contribution is -0.387. The molecule has 0 saturated heterocycles. The third kappa shape index (κ3) is 4.20. The summed E-state index contributed by atoms with van der Waals surface area (Å²) < 4.78 is 33.1. The first-order valence-electron chi connectivity index (χ1n) is 9.02. The molecular formula is C20H20N2O6S. The number of rotatable bonds is 6. The van der Waals surface area contributed by atoms with Crippen LogP contribution in [0.4, 0.5) is 5.69 Å². The van der Waals surface area contributed by atoms with Gasteiger partial charge in [0, 0.05) is 18.2 Å². The Morgan fingerprint density at radius 1 is 1.17 bits per heavy atom. The maximum absolute atomic E-state index is 13.5. The Hall–Kier alpha value is -3.04. The minimum atomic E-state index is -4.27. The van der Waals surface area contributed by atoms with E-state index < -0.39 is 37.5 Å². The second-order valence-electron chi connectivity index (χ2n) is 6.39. The topological polar surface area (TPSA) is 107 Å². The van der Waals surface area contributed by atoms with Gasteiger partial charge in [-0.15, -0.1) is 0 Å². The molecule has 8 nitrogen and oxygen atoms in total. The number of carbonyl (C=O) groups excluding carboxylic acids is 1. The molecule has 1 heterocycles. The Morgan fingerprint density at radius 2 is 1.83 bits per heavy atom. The third-order valence-electron chi connectivity index (χ3n) is 4.63. The Kier molecular flexibility index (Phi) is 6.09. The van der Waals surface area contributed by atoms with Crippen LogP contribution in [-0.2, 0) is 19.6 Å². The highest BCUT2D eigenvalue weighted by Crippen LogP contribution is 2.37. The number of esters is 1. The van der Waals surface area contributed by atoms with E-state index >= 15 is 0 Å². The number of sulfonamides is 1. The van der Waals surface area contributed by atoms with Crippen molar-refractivity contribution in [3.63, 3.8) is 0 Å². The van der Waals surface area contributed by atoms with E-state index in [2.05, 4.69) is 0 Å². The molecule has 0 aromatic heterocycles. The quantitative estimate of drug-likeness (QED) is 0.407. The molecule has 0 spiro atoms. The predicted octanol–water partition coefficient (Wildman–Crippen LogP) is 3.22. The summed E-state index contributed by atoms with van der Waals surface area (Å²) in [5, 5.41) is 11.4. The van der Waals surface area contributed by atoms with Crippen molar-refractivity contribution in [3.05, 3.63) is 81.9 Å². The van der Waals surface area contributed by atoms with E-state index in [4.69, 9.17) is 4.74 Å². The summed E-state index contributed by atoms with van der Waals surface area (Å²) in [5.41, 5.74) is 0.432. The predicted molar refractivity (Wildman–Crippen MR) is 106 cm³/mol. The zero-order valence-corrected chi connectivity index (χ0v) is 16.5. The van der Waals surface area contributed by atoms with E-state index in [1.165, 1.54) is 18.2 Å². The van der Waals surface area contributed by atoms with E-state index in [0.29, 0.717) is 0 Å². The van der Waals surface area contributed by atoms with Gasteiger partial charge in [0.25, 0.3) is 15.7 Å². The first-order valence-corrected chi connectivity index (χ1v) is 10.5. The van der Waals surface area contributed by atoms with E-state index in [0.717, 1.165) is 15.9 Å². The minimum Gasteiger partial charge on any atom is -0.463 e.